The van der Waals surface area contributed by atoms with Crippen LogP contribution in [0.25, 0.3) is 0 Å². The molecule has 4 nitrogen and oxygen atoms in total. The zero-order valence-electron chi connectivity index (χ0n) is 12.6. The van der Waals surface area contributed by atoms with Crippen LogP contribution in [0, 0.1) is 0 Å². The molecular weight excluding hydrogens is 262 g/mol. The largest absolute Gasteiger partial charge is 0.497 e. The predicted octanol–water partition coefficient (Wildman–Crippen LogP) is 3.02. The third kappa shape index (κ3) is 3.10. The predicted molar refractivity (Wildman–Crippen MR) is 83.4 cm³/mol. The van der Waals surface area contributed by atoms with E-state index in [9.17, 15) is 0 Å². The van der Waals surface area contributed by atoms with Gasteiger partial charge in [0.2, 0.25) is 0 Å². The number of nitrogens with one attached hydrogen (secondary N) is 2. The van der Waals surface area contributed by atoms with E-state index in [0.717, 1.165) is 24.7 Å². The van der Waals surface area contributed by atoms with Gasteiger partial charge >= 0.3 is 0 Å². The number of nitrogens with zero attached hydrogens (tertiary/aromatic N) is 1. The van der Waals surface area contributed by atoms with E-state index in [4.69, 9.17) is 4.74 Å². The summed E-state index contributed by atoms with van der Waals surface area (Å²) in [6.45, 7) is 1.78. The normalized spacial score (nSPS) is 17.0. The summed E-state index contributed by atoms with van der Waals surface area (Å²) in [6.07, 6.45) is 8.75. The lowest BCUT2D eigenvalue weighted by Crippen LogP contribution is -2.35. The molecule has 21 heavy (non-hydrogen) atoms. The third-order valence-corrected chi connectivity index (χ3v) is 4.55. The molecule has 0 atom stereocenters. The smallest absolute Gasteiger partial charge is 0.120 e. The molecule has 1 saturated carbocycles. The molecule has 0 amide bonds. The Morgan fingerprint density at radius 3 is 2.90 bits per heavy atom. The average molecular weight is 285 g/mol. The second-order valence-electron chi connectivity index (χ2n) is 5.86. The molecule has 1 aromatic heterocycles. The van der Waals surface area contributed by atoms with E-state index >= 15 is 0 Å². The highest BCUT2D eigenvalue weighted by molar-refractivity contribution is 5.35. The Morgan fingerprint density at radius 1 is 1.33 bits per heavy atom. The average Bonchev–Trinajstić information content (AvgIpc) is 3.20. The molecule has 1 aliphatic carbocycles. The van der Waals surface area contributed by atoms with Crippen LogP contribution in [0.2, 0.25) is 0 Å². The first kappa shape index (κ1) is 14.1. The second-order valence-corrected chi connectivity index (χ2v) is 5.86. The molecule has 1 heterocycles. The van der Waals surface area contributed by atoms with Crippen LogP contribution in [0.15, 0.2) is 36.7 Å². The maximum atomic E-state index is 5.39. The number of H-pyrrole nitrogens is 1. The zero-order valence-corrected chi connectivity index (χ0v) is 12.6. The van der Waals surface area contributed by atoms with Gasteiger partial charge in [0.15, 0.2) is 0 Å². The molecule has 1 fully saturated rings. The van der Waals surface area contributed by atoms with Crippen LogP contribution in [-0.4, -0.2) is 23.6 Å². The molecule has 1 aliphatic rings. The van der Waals surface area contributed by atoms with E-state index in [-0.39, 0.29) is 5.41 Å². The van der Waals surface area contributed by atoms with Gasteiger partial charge in [-0.3, -0.25) is 0 Å². The van der Waals surface area contributed by atoms with Crippen LogP contribution in [-0.2, 0) is 12.0 Å². The zero-order chi connectivity index (χ0) is 14.5. The number of hydrogen-bond acceptors (Lipinski definition) is 3. The fourth-order valence-corrected chi connectivity index (χ4v) is 3.39. The summed E-state index contributed by atoms with van der Waals surface area (Å²) < 4.78 is 5.39. The van der Waals surface area contributed by atoms with Gasteiger partial charge in [-0.15, -0.1) is 0 Å². The summed E-state index contributed by atoms with van der Waals surface area (Å²) in [5.74, 6) is 1.94. The maximum Gasteiger partial charge on any atom is 0.120 e. The summed E-state index contributed by atoms with van der Waals surface area (Å²) in [6, 6.07) is 8.55. The number of methoxy groups -OCH3 is 1. The summed E-state index contributed by atoms with van der Waals surface area (Å²) in [4.78, 5) is 7.40. The Morgan fingerprint density at radius 2 is 2.19 bits per heavy atom. The SMILES string of the molecule is COc1cccc(C2(CNCc3ncc[nH]3)CCCC2)c1. The maximum absolute atomic E-state index is 5.39. The van der Waals surface area contributed by atoms with Gasteiger partial charge in [0.1, 0.15) is 11.6 Å². The molecule has 0 bridgehead atoms. The number of rotatable bonds is 6. The monoisotopic (exact) mass is 285 g/mol. The molecule has 0 spiro atoms. The molecule has 4 heteroatoms. The lowest BCUT2D eigenvalue weighted by molar-refractivity contribution is 0.391. The number of ether oxygens (including phenoxy) is 1. The Labute approximate surface area is 125 Å². The summed E-state index contributed by atoms with van der Waals surface area (Å²) in [5.41, 5.74) is 1.63. The van der Waals surface area contributed by atoms with Crippen LogP contribution in [0.1, 0.15) is 37.1 Å². The third-order valence-electron chi connectivity index (χ3n) is 4.55. The van der Waals surface area contributed by atoms with Gasteiger partial charge in [-0.25, -0.2) is 4.98 Å². The van der Waals surface area contributed by atoms with Crippen molar-refractivity contribution in [3.8, 4) is 5.75 Å². The van der Waals surface area contributed by atoms with E-state index in [1.165, 1.54) is 31.2 Å². The Bertz CT molecular complexity index is 559. The second kappa shape index (κ2) is 6.31. The minimum atomic E-state index is 0.237. The number of aromatic nitrogens is 2. The van der Waals surface area contributed by atoms with E-state index in [0.29, 0.717) is 0 Å². The van der Waals surface area contributed by atoms with Crippen LogP contribution in [0.4, 0.5) is 0 Å². The Kier molecular flexibility index (Phi) is 4.25. The van der Waals surface area contributed by atoms with E-state index < -0.39 is 0 Å². The van der Waals surface area contributed by atoms with Crippen molar-refractivity contribution in [2.24, 2.45) is 0 Å². The van der Waals surface area contributed by atoms with Gasteiger partial charge in [0.25, 0.3) is 0 Å². The van der Waals surface area contributed by atoms with Crippen molar-refractivity contribution in [2.75, 3.05) is 13.7 Å². The topological polar surface area (TPSA) is 49.9 Å². The van der Waals surface area contributed by atoms with Crippen LogP contribution < -0.4 is 10.1 Å². The van der Waals surface area contributed by atoms with Crippen molar-refractivity contribution < 1.29 is 4.74 Å². The Hall–Kier alpha value is -1.81. The lowest BCUT2D eigenvalue weighted by atomic mass is 9.78. The number of imidazole rings is 1. The summed E-state index contributed by atoms with van der Waals surface area (Å²) in [7, 11) is 1.73. The number of hydrogen-bond donors (Lipinski definition) is 2. The van der Waals surface area contributed by atoms with Crippen LogP contribution >= 0.6 is 0 Å². The van der Waals surface area contributed by atoms with Crippen molar-refractivity contribution in [3.63, 3.8) is 0 Å². The molecule has 0 aliphatic heterocycles. The van der Waals surface area contributed by atoms with E-state index in [2.05, 4.69) is 33.5 Å². The molecular formula is C17H23N3O. The molecule has 0 saturated heterocycles. The first-order valence-corrected chi connectivity index (χ1v) is 7.66. The van der Waals surface area contributed by atoms with Crippen molar-refractivity contribution in [3.05, 3.63) is 48.0 Å². The summed E-state index contributed by atoms with van der Waals surface area (Å²) >= 11 is 0. The highest BCUT2D eigenvalue weighted by Gasteiger charge is 2.35. The Balaban J connectivity index is 1.72. The minimum Gasteiger partial charge on any atom is -0.497 e. The fraction of sp³-hybridized carbons (Fsp3) is 0.471. The van der Waals surface area contributed by atoms with E-state index in [1.807, 2.05) is 12.3 Å². The number of benzene rings is 1. The first-order chi connectivity index (χ1) is 10.3. The van der Waals surface area contributed by atoms with Gasteiger partial charge in [-0.2, -0.15) is 0 Å². The molecule has 1 aromatic carbocycles. The molecule has 3 rings (SSSR count). The fourth-order valence-electron chi connectivity index (χ4n) is 3.39. The van der Waals surface area contributed by atoms with Crippen molar-refractivity contribution in [2.45, 2.75) is 37.6 Å². The van der Waals surface area contributed by atoms with Gasteiger partial charge in [0.05, 0.1) is 13.7 Å². The van der Waals surface area contributed by atoms with Crippen molar-refractivity contribution in [1.29, 1.82) is 0 Å². The minimum absolute atomic E-state index is 0.237. The van der Waals surface area contributed by atoms with Crippen molar-refractivity contribution >= 4 is 0 Å². The van der Waals surface area contributed by atoms with Gasteiger partial charge in [-0.1, -0.05) is 25.0 Å². The molecule has 112 valence electrons. The lowest BCUT2D eigenvalue weighted by Gasteiger charge is -2.30. The quantitative estimate of drug-likeness (QED) is 0.857. The molecule has 0 unspecified atom stereocenters. The van der Waals surface area contributed by atoms with Gasteiger partial charge in [-0.05, 0) is 30.5 Å². The first-order valence-electron chi connectivity index (χ1n) is 7.66. The van der Waals surface area contributed by atoms with E-state index in [1.54, 1.807) is 13.3 Å². The van der Waals surface area contributed by atoms with Gasteiger partial charge in [0, 0.05) is 24.4 Å². The summed E-state index contributed by atoms with van der Waals surface area (Å²) in [5, 5.41) is 3.57. The molecule has 2 aromatic rings. The van der Waals surface area contributed by atoms with Crippen LogP contribution in [0.5, 0.6) is 5.75 Å². The molecule has 2 N–H and O–H groups in total. The highest BCUT2D eigenvalue weighted by Crippen LogP contribution is 2.41. The van der Waals surface area contributed by atoms with Crippen molar-refractivity contribution in [1.82, 2.24) is 15.3 Å². The standard InChI is InChI=1S/C17H23N3O/c1-21-15-6-4-5-14(11-15)17(7-2-3-8-17)13-18-12-16-19-9-10-20-16/h4-6,9-11,18H,2-3,7-8,12-13H2,1H3,(H,19,20). The van der Waals surface area contributed by atoms with Crippen LogP contribution in [0.3, 0.4) is 0 Å². The molecule has 0 radical (unpaired) electrons. The highest BCUT2D eigenvalue weighted by atomic mass is 16.5. The number of aromatic amines is 1. The van der Waals surface area contributed by atoms with Gasteiger partial charge < -0.3 is 15.0 Å².